The van der Waals surface area contributed by atoms with Crippen LogP contribution in [0.1, 0.15) is 18.9 Å². The van der Waals surface area contributed by atoms with Gasteiger partial charge >= 0.3 is 0 Å². The maximum atomic E-state index is 9.55. The third-order valence-electron chi connectivity index (χ3n) is 3.47. The van der Waals surface area contributed by atoms with E-state index < -0.39 is 0 Å². The van der Waals surface area contributed by atoms with E-state index in [1.807, 2.05) is 18.2 Å². The number of anilines is 1. The van der Waals surface area contributed by atoms with Gasteiger partial charge in [0.05, 0.1) is 24.3 Å². The van der Waals surface area contributed by atoms with Gasteiger partial charge in [-0.15, -0.1) is 0 Å². The minimum Gasteiger partial charge on any atom is -0.394 e. The topological polar surface area (TPSA) is 59.3 Å². The minimum atomic E-state index is 0.0662. The van der Waals surface area contributed by atoms with Crippen LogP contribution in [0.25, 0.3) is 0 Å². The van der Waals surface area contributed by atoms with Gasteiger partial charge in [-0.3, -0.25) is 0 Å². The van der Waals surface area contributed by atoms with E-state index in [2.05, 4.69) is 23.2 Å². The molecule has 4 heteroatoms. The van der Waals surface area contributed by atoms with E-state index >= 15 is 0 Å². The molecule has 0 radical (unpaired) electrons. The average Bonchev–Trinajstić information content (AvgIpc) is 2.60. The quantitative estimate of drug-likeness (QED) is 0.819. The molecule has 0 aliphatic carbocycles. The number of nitrogens with zero attached hydrogens (tertiary/aromatic N) is 2. The van der Waals surface area contributed by atoms with Crippen LogP contribution >= 0.6 is 0 Å². The summed E-state index contributed by atoms with van der Waals surface area (Å²) in [5.74, 6) is 0. The van der Waals surface area contributed by atoms with Gasteiger partial charge in [-0.25, -0.2) is 0 Å². The second kappa shape index (κ2) is 5.85. The summed E-state index contributed by atoms with van der Waals surface area (Å²) in [6.07, 6.45) is 1.04. The van der Waals surface area contributed by atoms with Crippen molar-refractivity contribution in [3.8, 4) is 6.07 Å². The van der Waals surface area contributed by atoms with Gasteiger partial charge in [0, 0.05) is 18.3 Å². The number of nitrogens with one attached hydrogen (secondary N) is 1. The lowest BCUT2D eigenvalue weighted by Crippen LogP contribution is -2.46. The Morgan fingerprint density at radius 2 is 2.39 bits per heavy atom. The van der Waals surface area contributed by atoms with E-state index in [1.54, 1.807) is 6.07 Å². The summed E-state index contributed by atoms with van der Waals surface area (Å²) in [5.41, 5.74) is 1.68. The summed E-state index contributed by atoms with van der Waals surface area (Å²) >= 11 is 0. The third-order valence-corrected chi connectivity index (χ3v) is 3.47. The molecular formula is C14H19N3O. The molecule has 0 bridgehead atoms. The van der Waals surface area contributed by atoms with Crippen LogP contribution < -0.4 is 10.2 Å². The van der Waals surface area contributed by atoms with E-state index in [4.69, 9.17) is 5.26 Å². The molecule has 1 aromatic rings. The molecule has 2 unspecified atom stereocenters. The number of aliphatic hydroxyl groups is 1. The van der Waals surface area contributed by atoms with Crippen molar-refractivity contribution in [2.45, 2.75) is 25.4 Å². The molecule has 1 saturated heterocycles. The van der Waals surface area contributed by atoms with Crippen molar-refractivity contribution in [3.05, 3.63) is 29.8 Å². The molecule has 1 aliphatic heterocycles. The smallest absolute Gasteiger partial charge is 0.0992 e. The maximum Gasteiger partial charge on any atom is 0.0992 e. The van der Waals surface area contributed by atoms with Gasteiger partial charge in [0.2, 0.25) is 0 Å². The Labute approximate surface area is 108 Å². The summed E-state index contributed by atoms with van der Waals surface area (Å²) in [5, 5.41) is 21.9. The fraction of sp³-hybridized carbons (Fsp3) is 0.500. The zero-order valence-corrected chi connectivity index (χ0v) is 10.6. The molecule has 2 atom stereocenters. The van der Waals surface area contributed by atoms with Gasteiger partial charge in [-0.05, 0) is 38.1 Å². The molecule has 1 aliphatic rings. The molecule has 18 heavy (non-hydrogen) atoms. The molecule has 1 aromatic carbocycles. The minimum absolute atomic E-state index is 0.0662. The van der Waals surface area contributed by atoms with Gasteiger partial charge in [0.15, 0.2) is 0 Å². The Hall–Kier alpha value is -1.57. The highest BCUT2D eigenvalue weighted by Gasteiger charge is 2.25. The number of benzene rings is 1. The lowest BCUT2D eigenvalue weighted by Gasteiger charge is -2.35. The Bertz CT molecular complexity index is 441. The second-order valence-corrected chi connectivity index (χ2v) is 4.75. The predicted molar refractivity (Wildman–Crippen MR) is 71.5 cm³/mol. The highest BCUT2D eigenvalue weighted by atomic mass is 16.3. The van der Waals surface area contributed by atoms with Gasteiger partial charge in [-0.2, -0.15) is 5.26 Å². The van der Waals surface area contributed by atoms with Crippen molar-refractivity contribution in [1.82, 2.24) is 5.32 Å². The van der Waals surface area contributed by atoms with Crippen LogP contribution in [0, 0.1) is 11.3 Å². The fourth-order valence-corrected chi connectivity index (χ4v) is 2.53. The predicted octanol–water partition coefficient (Wildman–Crippen LogP) is 1.11. The second-order valence-electron chi connectivity index (χ2n) is 4.75. The number of aliphatic hydroxyl groups excluding tert-OH is 1. The summed E-state index contributed by atoms with van der Waals surface area (Å²) in [6, 6.07) is 10.2. The monoisotopic (exact) mass is 245 g/mol. The van der Waals surface area contributed by atoms with Crippen LogP contribution in [0.4, 0.5) is 5.69 Å². The molecule has 1 heterocycles. The number of hydrogen-bond donors (Lipinski definition) is 2. The third kappa shape index (κ3) is 2.63. The van der Waals surface area contributed by atoms with Crippen LogP contribution in [-0.4, -0.2) is 36.9 Å². The van der Waals surface area contributed by atoms with Gasteiger partial charge in [-0.1, -0.05) is 6.07 Å². The summed E-state index contributed by atoms with van der Waals surface area (Å²) in [7, 11) is 0. The van der Waals surface area contributed by atoms with Crippen molar-refractivity contribution in [3.63, 3.8) is 0 Å². The summed E-state index contributed by atoms with van der Waals surface area (Å²) in [4.78, 5) is 2.22. The first-order valence-electron chi connectivity index (χ1n) is 6.36. The van der Waals surface area contributed by atoms with Crippen molar-refractivity contribution in [2.24, 2.45) is 0 Å². The van der Waals surface area contributed by atoms with E-state index in [0.717, 1.165) is 25.2 Å². The summed E-state index contributed by atoms with van der Waals surface area (Å²) < 4.78 is 0. The first-order valence-corrected chi connectivity index (χ1v) is 6.36. The lowest BCUT2D eigenvalue weighted by atomic mass is 10.1. The standard InChI is InChI=1S/C14H19N3O/c1-11-5-6-16-9-14(10-18)17(11)13-4-2-3-12(7-13)8-15/h2-4,7,11,14,16,18H,5-6,9-10H2,1H3. The normalized spacial score (nSPS) is 24.4. The van der Waals surface area contributed by atoms with Crippen molar-refractivity contribution in [1.29, 1.82) is 5.26 Å². The van der Waals surface area contributed by atoms with Gasteiger partial charge < -0.3 is 15.3 Å². The van der Waals surface area contributed by atoms with Crippen molar-refractivity contribution >= 4 is 5.69 Å². The van der Waals surface area contributed by atoms with Crippen molar-refractivity contribution in [2.75, 3.05) is 24.6 Å². The van der Waals surface area contributed by atoms with E-state index in [-0.39, 0.29) is 12.6 Å². The average molecular weight is 245 g/mol. The molecule has 2 rings (SSSR count). The molecule has 0 saturated carbocycles. The SMILES string of the molecule is CC1CCNCC(CO)N1c1cccc(C#N)c1. The molecule has 4 nitrogen and oxygen atoms in total. The van der Waals surface area contributed by atoms with E-state index in [0.29, 0.717) is 11.6 Å². The van der Waals surface area contributed by atoms with Gasteiger partial charge in [0.1, 0.15) is 0 Å². The summed E-state index contributed by atoms with van der Waals surface area (Å²) in [6.45, 7) is 4.02. The number of hydrogen-bond acceptors (Lipinski definition) is 4. The Kier molecular flexibility index (Phi) is 4.19. The lowest BCUT2D eigenvalue weighted by molar-refractivity contribution is 0.255. The highest BCUT2D eigenvalue weighted by Crippen LogP contribution is 2.23. The van der Waals surface area contributed by atoms with E-state index in [1.165, 1.54) is 0 Å². The molecule has 0 spiro atoms. The molecule has 0 amide bonds. The molecular weight excluding hydrogens is 226 g/mol. The zero-order chi connectivity index (χ0) is 13.0. The van der Waals surface area contributed by atoms with Crippen LogP contribution in [-0.2, 0) is 0 Å². The van der Waals surface area contributed by atoms with Crippen LogP contribution in [0.3, 0.4) is 0 Å². The molecule has 1 fully saturated rings. The largest absolute Gasteiger partial charge is 0.394 e. The molecule has 0 aromatic heterocycles. The Morgan fingerprint density at radius 3 is 3.11 bits per heavy atom. The van der Waals surface area contributed by atoms with E-state index in [9.17, 15) is 5.11 Å². The first-order chi connectivity index (χ1) is 8.76. The Morgan fingerprint density at radius 1 is 1.56 bits per heavy atom. The number of rotatable bonds is 2. The van der Waals surface area contributed by atoms with Gasteiger partial charge in [0.25, 0.3) is 0 Å². The van der Waals surface area contributed by atoms with Crippen molar-refractivity contribution < 1.29 is 5.11 Å². The molecule has 2 N–H and O–H groups in total. The number of nitriles is 1. The Balaban J connectivity index is 2.33. The van der Waals surface area contributed by atoms with Crippen LogP contribution in [0.2, 0.25) is 0 Å². The van der Waals surface area contributed by atoms with Crippen LogP contribution in [0.15, 0.2) is 24.3 Å². The maximum absolute atomic E-state index is 9.55. The fourth-order valence-electron chi connectivity index (χ4n) is 2.53. The zero-order valence-electron chi connectivity index (χ0n) is 10.6. The highest BCUT2D eigenvalue weighted by molar-refractivity contribution is 5.53. The first kappa shape index (κ1) is 12.9. The molecule has 96 valence electrons. The van der Waals surface area contributed by atoms with Crippen LogP contribution in [0.5, 0.6) is 0 Å².